The van der Waals surface area contributed by atoms with Crippen molar-refractivity contribution in [3.05, 3.63) is 65.2 Å². The molecule has 0 fully saturated rings. The van der Waals surface area contributed by atoms with Crippen LogP contribution in [0.2, 0.25) is 0 Å². The highest BCUT2D eigenvalue weighted by Gasteiger charge is 2.04. The monoisotopic (exact) mass is 279 g/mol. The number of carbonyl (C=O) groups is 1. The van der Waals surface area contributed by atoms with Gasteiger partial charge in [0.2, 0.25) is 0 Å². The summed E-state index contributed by atoms with van der Waals surface area (Å²) in [4.78, 5) is 12.0. The molecule has 21 heavy (non-hydrogen) atoms. The Morgan fingerprint density at radius 2 is 2.10 bits per heavy atom. The minimum atomic E-state index is -0.195. The number of methoxy groups -OCH3 is 1. The van der Waals surface area contributed by atoms with Crippen molar-refractivity contribution >= 4 is 11.9 Å². The second-order valence-corrected chi connectivity index (χ2v) is 4.32. The summed E-state index contributed by atoms with van der Waals surface area (Å²) < 4.78 is 5.00. The van der Waals surface area contributed by atoms with Gasteiger partial charge in [-0.1, -0.05) is 24.3 Å². The topological polar surface area (TPSA) is 70.3 Å². The highest BCUT2D eigenvalue weighted by molar-refractivity contribution is 6.07. The van der Waals surface area contributed by atoms with E-state index in [1.165, 1.54) is 19.3 Å². The van der Waals surface area contributed by atoms with E-state index in [1.807, 2.05) is 6.07 Å². The molecule has 2 aromatic rings. The summed E-state index contributed by atoms with van der Waals surface area (Å²) in [7, 11) is 1.46. The van der Waals surface area contributed by atoms with E-state index in [1.54, 1.807) is 42.5 Å². The second-order valence-electron chi connectivity index (χ2n) is 4.32. The standard InChI is InChI=1S/C17H13NO3/c1-21-17-10-12(6-8-16(17)20)5-7-15(19)14-4-2-3-13(9-14)11-18/h2-10,20H,1H3/b7-5-. The Morgan fingerprint density at radius 3 is 2.81 bits per heavy atom. The van der Waals surface area contributed by atoms with Crippen LogP contribution in [0.15, 0.2) is 48.5 Å². The molecule has 0 aliphatic heterocycles. The maximum absolute atomic E-state index is 12.0. The molecule has 2 rings (SSSR count). The molecule has 2 aromatic carbocycles. The summed E-state index contributed by atoms with van der Waals surface area (Å²) in [5.41, 5.74) is 1.63. The van der Waals surface area contributed by atoms with Crippen LogP contribution in [0.4, 0.5) is 0 Å². The number of rotatable bonds is 4. The summed E-state index contributed by atoms with van der Waals surface area (Å²) in [6.07, 6.45) is 3.05. The van der Waals surface area contributed by atoms with E-state index in [0.29, 0.717) is 16.9 Å². The SMILES string of the molecule is COc1cc(/C=C\C(=O)c2cccc(C#N)c2)ccc1O. The smallest absolute Gasteiger partial charge is 0.185 e. The molecule has 0 aromatic heterocycles. The van der Waals surface area contributed by atoms with Crippen molar-refractivity contribution in [3.63, 3.8) is 0 Å². The van der Waals surface area contributed by atoms with Crippen molar-refractivity contribution in [2.45, 2.75) is 0 Å². The van der Waals surface area contributed by atoms with Gasteiger partial charge in [0.1, 0.15) is 0 Å². The third kappa shape index (κ3) is 3.48. The van der Waals surface area contributed by atoms with Crippen molar-refractivity contribution in [1.82, 2.24) is 0 Å². The number of ether oxygens (including phenoxy) is 1. The van der Waals surface area contributed by atoms with Gasteiger partial charge in [-0.15, -0.1) is 0 Å². The Morgan fingerprint density at radius 1 is 1.29 bits per heavy atom. The van der Waals surface area contributed by atoms with Gasteiger partial charge in [0.05, 0.1) is 18.7 Å². The highest BCUT2D eigenvalue weighted by atomic mass is 16.5. The van der Waals surface area contributed by atoms with Crippen LogP contribution in [0, 0.1) is 11.3 Å². The molecular weight excluding hydrogens is 266 g/mol. The molecule has 0 spiro atoms. The number of allylic oxidation sites excluding steroid dienone is 1. The first-order valence-corrected chi connectivity index (χ1v) is 6.23. The molecule has 0 atom stereocenters. The molecule has 4 heteroatoms. The number of hydrogen-bond acceptors (Lipinski definition) is 4. The van der Waals surface area contributed by atoms with E-state index in [0.717, 1.165) is 5.56 Å². The fourth-order valence-corrected chi connectivity index (χ4v) is 1.81. The number of aromatic hydroxyl groups is 1. The average Bonchev–Trinajstić information content (AvgIpc) is 2.53. The van der Waals surface area contributed by atoms with Gasteiger partial charge >= 0.3 is 0 Å². The van der Waals surface area contributed by atoms with Crippen molar-refractivity contribution in [3.8, 4) is 17.6 Å². The fraction of sp³-hybridized carbons (Fsp3) is 0.0588. The zero-order valence-electron chi connectivity index (χ0n) is 11.4. The van der Waals surface area contributed by atoms with E-state index in [4.69, 9.17) is 10.00 Å². The van der Waals surface area contributed by atoms with Gasteiger partial charge in [-0.05, 0) is 35.9 Å². The number of carbonyl (C=O) groups excluding carboxylic acids is 1. The molecule has 4 nitrogen and oxygen atoms in total. The van der Waals surface area contributed by atoms with Crippen molar-refractivity contribution < 1.29 is 14.6 Å². The van der Waals surface area contributed by atoms with Gasteiger partial charge < -0.3 is 9.84 Å². The number of phenols is 1. The molecule has 0 saturated heterocycles. The van der Waals surface area contributed by atoms with Crippen LogP contribution in [0.3, 0.4) is 0 Å². The number of hydrogen-bond donors (Lipinski definition) is 1. The molecule has 0 heterocycles. The molecule has 0 radical (unpaired) electrons. The number of benzene rings is 2. The molecule has 1 N–H and O–H groups in total. The van der Waals surface area contributed by atoms with Crippen molar-refractivity contribution in [2.75, 3.05) is 7.11 Å². The predicted molar refractivity (Wildman–Crippen MR) is 79.2 cm³/mol. The predicted octanol–water partition coefficient (Wildman–Crippen LogP) is 3.17. The molecule has 0 saturated carbocycles. The summed E-state index contributed by atoms with van der Waals surface area (Å²) in [6.45, 7) is 0. The Balaban J connectivity index is 2.20. The minimum Gasteiger partial charge on any atom is -0.504 e. The van der Waals surface area contributed by atoms with Crippen LogP contribution < -0.4 is 4.74 Å². The van der Waals surface area contributed by atoms with Gasteiger partial charge in [-0.2, -0.15) is 5.26 Å². The molecule has 0 unspecified atom stereocenters. The molecule has 104 valence electrons. The average molecular weight is 279 g/mol. The van der Waals surface area contributed by atoms with Crippen LogP contribution >= 0.6 is 0 Å². The minimum absolute atomic E-state index is 0.0442. The van der Waals surface area contributed by atoms with Crippen molar-refractivity contribution in [2.24, 2.45) is 0 Å². The third-order valence-electron chi connectivity index (χ3n) is 2.91. The Bertz CT molecular complexity index is 742. The van der Waals surface area contributed by atoms with E-state index in [2.05, 4.69) is 0 Å². The lowest BCUT2D eigenvalue weighted by atomic mass is 10.1. The number of nitriles is 1. The molecule has 0 bridgehead atoms. The summed E-state index contributed by atoms with van der Waals surface area (Å²) >= 11 is 0. The Labute approximate surface area is 122 Å². The first-order valence-electron chi connectivity index (χ1n) is 6.23. The van der Waals surface area contributed by atoms with Gasteiger partial charge in [0.15, 0.2) is 17.3 Å². The van der Waals surface area contributed by atoms with Crippen LogP contribution in [0.25, 0.3) is 6.08 Å². The molecular formula is C17H13NO3. The normalized spacial score (nSPS) is 10.3. The maximum Gasteiger partial charge on any atom is 0.185 e. The van der Waals surface area contributed by atoms with Crippen LogP contribution in [0.5, 0.6) is 11.5 Å². The lowest BCUT2D eigenvalue weighted by Gasteiger charge is -2.03. The van der Waals surface area contributed by atoms with Crippen LogP contribution in [-0.2, 0) is 0 Å². The van der Waals surface area contributed by atoms with Gasteiger partial charge in [0, 0.05) is 5.56 Å². The van der Waals surface area contributed by atoms with E-state index in [-0.39, 0.29) is 11.5 Å². The zero-order chi connectivity index (χ0) is 15.2. The lowest BCUT2D eigenvalue weighted by Crippen LogP contribution is -1.94. The number of ketones is 1. The zero-order valence-corrected chi connectivity index (χ0v) is 11.4. The first kappa shape index (κ1) is 14.4. The van der Waals surface area contributed by atoms with Gasteiger partial charge in [-0.25, -0.2) is 0 Å². The Kier molecular flexibility index (Phi) is 4.37. The third-order valence-corrected chi connectivity index (χ3v) is 2.91. The largest absolute Gasteiger partial charge is 0.504 e. The number of phenolic OH excluding ortho intramolecular Hbond substituents is 1. The summed E-state index contributed by atoms with van der Waals surface area (Å²) in [5, 5.41) is 18.3. The fourth-order valence-electron chi connectivity index (χ4n) is 1.81. The van der Waals surface area contributed by atoms with Gasteiger partial charge in [0.25, 0.3) is 0 Å². The first-order chi connectivity index (χ1) is 10.1. The van der Waals surface area contributed by atoms with Crippen LogP contribution in [0.1, 0.15) is 21.5 Å². The number of nitrogens with zero attached hydrogens (tertiary/aromatic N) is 1. The highest BCUT2D eigenvalue weighted by Crippen LogP contribution is 2.26. The van der Waals surface area contributed by atoms with Gasteiger partial charge in [-0.3, -0.25) is 4.79 Å². The molecule has 0 aliphatic carbocycles. The quantitative estimate of drug-likeness (QED) is 0.689. The molecule has 0 amide bonds. The lowest BCUT2D eigenvalue weighted by molar-refractivity contribution is 0.104. The van der Waals surface area contributed by atoms with E-state index >= 15 is 0 Å². The summed E-state index contributed by atoms with van der Waals surface area (Å²) in [6, 6.07) is 13.3. The molecule has 0 aliphatic rings. The van der Waals surface area contributed by atoms with Crippen LogP contribution in [-0.4, -0.2) is 18.0 Å². The second kappa shape index (κ2) is 6.40. The summed E-state index contributed by atoms with van der Waals surface area (Å²) in [5.74, 6) is 0.193. The van der Waals surface area contributed by atoms with E-state index in [9.17, 15) is 9.90 Å². The van der Waals surface area contributed by atoms with E-state index < -0.39 is 0 Å². The van der Waals surface area contributed by atoms with Crippen molar-refractivity contribution in [1.29, 1.82) is 5.26 Å². The maximum atomic E-state index is 12.0. The Hall–Kier alpha value is -3.06.